The fourth-order valence-electron chi connectivity index (χ4n) is 1.80. The van der Waals surface area contributed by atoms with Gasteiger partial charge in [-0.15, -0.1) is 9.81 Å². The largest absolute Gasteiger partial charge is 0.481 e. The zero-order chi connectivity index (χ0) is 15.4. The van der Waals surface area contributed by atoms with Crippen molar-refractivity contribution in [1.82, 2.24) is 0 Å². The smallest absolute Gasteiger partial charge is 0.303 e. The van der Waals surface area contributed by atoms with Crippen molar-refractivity contribution in [3.8, 4) is 0 Å². The van der Waals surface area contributed by atoms with Gasteiger partial charge in [0, 0.05) is 49.5 Å². The summed E-state index contributed by atoms with van der Waals surface area (Å²) in [7, 11) is 0. The molecule has 0 bridgehead atoms. The Bertz CT molecular complexity index is 318. The molecule has 20 heavy (non-hydrogen) atoms. The van der Waals surface area contributed by atoms with E-state index in [9.17, 15) is 14.6 Å². The molecule has 116 valence electrons. The van der Waals surface area contributed by atoms with Gasteiger partial charge in [-0.2, -0.15) is 0 Å². The minimum atomic E-state index is -0.797. The first-order valence-corrected chi connectivity index (χ1v) is 8.29. The first-order valence-electron chi connectivity index (χ1n) is 6.68. The van der Waals surface area contributed by atoms with E-state index in [0.717, 1.165) is 56.0 Å². The summed E-state index contributed by atoms with van der Waals surface area (Å²) >= 11 is 2.05. The molecule has 0 fully saturated rings. The predicted molar refractivity (Wildman–Crippen MR) is 84.6 cm³/mol. The van der Waals surface area contributed by atoms with Crippen LogP contribution in [0.5, 0.6) is 0 Å². The number of hydrogen-bond acceptors (Lipinski definition) is 7. The predicted octanol–water partition coefficient (Wildman–Crippen LogP) is 4.78. The Balaban J connectivity index is 4.14. The van der Waals surface area contributed by atoms with Gasteiger partial charge in [0.1, 0.15) is 0 Å². The van der Waals surface area contributed by atoms with Gasteiger partial charge in [0.2, 0.25) is 0 Å². The minimum Gasteiger partial charge on any atom is -0.481 e. The number of nitroso groups, excluding NO2 is 2. The Morgan fingerprint density at radius 2 is 1.95 bits per heavy atom. The molecule has 2 unspecified atom stereocenters. The molecule has 8 heteroatoms. The minimum absolute atomic E-state index is 0.0828. The Morgan fingerprint density at radius 3 is 2.45 bits per heavy atom. The molecule has 0 saturated carbocycles. The van der Waals surface area contributed by atoms with Crippen molar-refractivity contribution in [3.05, 3.63) is 9.81 Å². The van der Waals surface area contributed by atoms with E-state index in [4.69, 9.17) is 5.11 Å². The van der Waals surface area contributed by atoms with Gasteiger partial charge < -0.3 is 5.11 Å². The van der Waals surface area contributed by atoms with E-state index in [1.807, 2.05) is 13.8 Å². The molecule has 0 aliphatic carbocycles. The zero-order valence-corrected chi connectivity index (χ0v) is 13.5. The van der Waals surface area contributed by atoms with Gasteiger partial charge in [-0.1, -0.05) is 13.3 Å². The van der Waals surface area contributed by atoms with Crippen LogP contribution >= 0.6 is 23.9 Å². The van der Waals surface area contributed by atoms with Crippen LogP contribution in [-0.2, 0) is 4.79 Å². The number of unbranched alkanes of at least 4 members (excludes halogenated alkanes) is 1. The molecule has 6 nitrogen and oxygen atoms in total. The second kappa shape index (κ2) is 11.1. The van der Waals surface area contributed by atoms with E-state index < -0.39 is 5.97 Å². The lowest BCUT2D eigenvalue weighted by molar-refractivity contribution is -0.137. The molecule has 0 heterocycles. The number of carboxylic acids is 1. The van der Waals surface area contributed by atoms with Crippen molar-refractivity contribution < 1.29 is 9.90 Å². The topological polar surface area (TPSA) is 96.2 Å². The monoisotopic (exact) mass is 322 g/mol. The number of carboxylic acid groups (broad SMARTS) is 1. The summed E-state index contributed by atoms with van der Waals surface area (Å²) in [6.45, 7) is 3.99. The second-order valence-corrected chi connectivity index (χ2v) is 7.29. The summed E-state index contributed by atoms with van der Waals surface area (Å²) in [6.07, 6.45) is 4.69. The lowest BCUT2D eigenvalue weighted by atomic mass is 9.98. The van der Waals surface area contributed by atoms with Crippen LogP contribution in [0.4, 0.5) is 0 Å². The molecule has 1 N–H and O–H groups in total. The van der Waals surface area contributed by atoms with E-state index in [1.165, 1.54) is 0 Å². The summed E-state index contributed by atoms with van der Waals surface area (Å²) in [6, 6.07) is 0. The highest BCUT2D eigenvalue weighted by molar-refractivity contribution is 7.99. The fourth-order valence-corrected chi connectivity index (χ4v) is 2.94. The summed E-state index contributed by atoms with van der Waals surface area (Å²) in [5, 5.41) is 8.65. The first-order chi connectivity index (χ1) is 9.47. The van der Waals surface area contributed by atoms with Crippen LogP contribution in [-0.4, -0.2) is 21.1 Å². The fraction of sp³-hybridized carbons (Fsp3) is 0.917. The Hall–Kier alpha value is -0.630. The maximum absolute atomic E-state index is 10.4. The molecule has 2 atom stereocenters. The summed E-state index contributed by atoms with van der Waals surface area (Å²) < 4.78 is 5.58. The van der Waals surface area contributed by atoms with Crippen LogP contribution < -0.4 is 0 Å². The Morgan fingerprint density at radius 1 is 1.25 bits per heavy atom. The average molecular weight is 322 g/mol. The SMILES string of the molecule is CCC(C)(CCC(CCCCC(=O)O)SN=O)SN=O. The quantitative estimate of drug-likeness (QED) is 0.298. The highest BCUT2D eigenvalue weighted by Gasteiger charge is 2.25. The maximum Gasteiger partial charge on any atom is 0.303 e. The molecule has 0 aromatic carbocycles. The zero-order valence-electron chi connectivity index (χ0n) is 11.9. The maximum atomic E-state index is 10.4. The third-order valence-corrected chi connectivity index (χ3v) is 5.22. The summed E-state index contributed by atoms with van der Waals surface area (Å²) in [5.74, 6) is -0.797. The molecule has 0 rings (SSSR count). The summed E-state index contributed by atoms with van der Waals surface area (Å²) in [4.78, 5) is 31.3. The number of hydrogen-bond donors (Lipinski definition) is 1. The van der Waals surface area contributed by atoms with Gasteiger partial charge in [0.25, 0.3) is 0 Å². The van der Waals surface area contributed by atoms with Crippen molar-refractivity contribution in [3.63, 3.8) is 0 Å². The van der Waals surface area contributed by atoms with Crippen LogP contribution in [0.3, 0.4) is 0 Å². The molecule has 0 amide bonds. The molecule has 0 aliphatic heterocycles. The van der Waals surface area contributed by atoms with Crippen LogP contribution in [0, 0.1) is 9.81 Å². The van der Waals surface area contributed by atoms with Crippen molar-refractivity contribution >= 4 is 29.9 Å². The molecular weight excluding hydrogens is 300 g/mol. The highest BCUT2D eigenvalue weighted by Crippen LogP contribution is 2.36. The Labute approximate surface area is 128 Å². The van der Waals surface area contributed by atoms with Gasteiger partial charge in [0.15, 0.2) is 0 Å². The van der Waals surface area contributed by atoms with E-state index in [-0.39, 0.29) is 16.4 Å². The van der Waals surface area contributed by atoms with Gasteiger partial charge in [-0.05, 0) is 39.0 Å². The van der Waals surface area contributed by atoms with Crippen LogP contribution in [0.15, 0.2) is 9.16 Å². The number of carbonyl (C=O) groups is 1. The molecule has 0 aromatic rings. The first kappa shape index (κ1) is 19.4. The normalized spacial score (nSPS) is 15.3. The van der Waals surface area contributed by atoms with Crippen molar-refractivity contribution in [2.75, 3.05) is 0 Å². The molecule has 0 spiro atoms. The molecule has 0 aliphatic rings. The Kier molecular flexibility index (Phi) is 10.7. The standard InChI is InChI=1S/C12H22N2O4S2/c1-3-12(2,20-14-18)9-8-10(19-13-17)6-4-5-7-11(15)16/h10H,3-9H2,1-2H3,(H,15,16). The average Bonchev–Trinajstić information content (AvgIpc) is 2.41. The molecule has 0 radical (unpaired) electrons. The van der Waals surface area contributed by atoms with Crippen molar-refractivity contribution in [1.29, 1.82) is 0 Å². The number of rotatable bonds is 13. The number of nitrogens with zero attached hydrogens (tertiary/aromatic N) is 2. The van der Waals surface area contributed by atoms with E-state index in [2.05, 4.69) is 9.16 Å². The lowest BCUT2D eigenvalue weighted by Crippen LogP contribution is -2.20. The van der Waals surface area contributed by atoms with E-state index >= 15 is 0 Å². The summed E-state index contributed by atoms with van der Waals surface area (Å²) in [5.41, 5.74) is 0. The van der Waals surface area contributed by atoms with Crippen LogP contribution in [0.1, 0.15) is 58.8 Å². The molecule has 0 saturated heterocycles. The third-order valence-electron chi connectivity index (χ3n) is 3.36. The molecular formula is C12H22N2O4S2. The van der Waals surface area contributed by atoms with Crippen LogP contribution in [0.25, 0.3) is 0 Å². The van der Waals surface area contributed by atoms with Crippen molar-refractivity contribution in [2.45, 2.75) is 68.8 Å². The van der Waals surface area contributed by atoms with Crippen molar-refractivity contribution in [2.24, 2.45) is 9.16 Å². The van der Waals surface area contributed by atoms with Crippen LogP contribution in [0.2, 0.25) is 0 Å². The second-order valence-electron chi connectivity index (χ2n) is 4.95. The third kappa shape index (κ3) is 9.30. The van der Waals surface area contributed by atoms with Gasteiger partial charge >= 0.3 is 5.97 Å². The highest BCUT2D eigenvalue weighted by atomic mass is 32.2. The van der Waals surface area contributed by atoms with Gasteiger partial charge in [-0.3, -0.25) is 4.79 Å². The molecule has 0 aromatic heterocycles. The number of aliphatic carboxylic acids is 1. The van der Waals surface area contributed by atoms with E-state index in [0.29, 0.717) is 6.42 Å². The lowest BCUT2D eigenvalue weighted by Gasteiger charge is -2.25. The van der Waals surface area contributed by atoms with Gasteiger partial charge in [-0.25, -0.2) is 0 Å². The van der Waals surface area contributed by atoms with E-state index in [1.54, 1.807) is 0 Å². The van der Waals surface area contributed by atoms with Gasteiger partial charge in [0.05, 0.1) is 0 Å².